The zero-order valence-corrected chi connectivity index (χ0v) is 10.0. The molecule has 0 aliphatic carbocycles. The first-order valence-electron chi connectivity index (χ1n) is 5.59. The Kier molecular flexibility index (Phi) is 5.10. The first-order valence-corrected chi connectivity index (χ1v) is 5.59. The summed E-state index contributed by atoms with van der Waals surface area (Å²) in [6.45, 7) is 1.78. The smallest absolute Gasteiger partial charge is 0.271 e. The number of hydrogen-bond acceptors (Lipinski definition) is 2. The van der Waals surface area contributed by atoms with Crippen molar-refractivity contribution in [2.45, 2.75) is 38.4 Å². The number of rotatable bonds is 5. The lowest BCUT2D eigenvalue weighted by atomic mass is 9.98. The van der Waals surface area contributed by atoms with E-state index < -0.39 is 24.5 Å². The second-order valence-electron chi connectivity index (χ2n) is 4.29. The molecule has 0 bridgehead atoms. The Morgan fingerprint density at radius 3 is 2.56 bits per heavy atom. The van der Waals surface area contributed by atoms with Gasteiger partial charge in [0.15, 0.2) is 0 Å². The molecular formula is C12H16F4N2. The summed E-state index contributed by atoms with van der Waals surface area (Å²) in [5.41, 5.74) is 3.85. The molecule has 1 aromatic rings. The zero-order chi connectivity index (χ0) is 13.8. The molecule has 18 heavy (non-hydrogen) atoms. The number of hydrogen-bond donors (Lipinski definition) is 2. The highest BCUT2D eigenvalue weighted by Gasteiger charge is 2.28. The van der Waals surface area contributed by atoms with E-state index in [2.05, 4.69) is 5.43 Å². The number of alkyl halides is 3. The van der Waals surface area contributed by atoms with Gasteiger partial charge in [-0.25, -0.2) is 4.39 Å². The van der Waals surface area contributed by atoms with Crippen molar-refractivity contribution in [3.8, 4) is 0 Å². The van der Waals surface area contributed by atoms with E-state index in [1.54, 1.807) is 13.0 Å². The first kappa shape index (κ1) is 14.9. The van der Waals surface area contributed by atoms with Crippen molar-refractivity contribution in [2.75, 3.05) is 0 Å². The van der Waals surface area contributed by atoms with Crippen LogP contribution in [0.1, 0.15) is 24.0 Å². The Morgan fingerprint density at radius 1 is 1.33 bits per heavy atom. The van der Waals surface area contributed by atoms with Gasteiger partial charge in [-0.15, -0.1) is 0 Å². The summed E-state index contributed by atoms with van der Waals surface area (Å²) in [5.74, 6) is 4.83. The predicted molar refractivity (Wildman–Crippen MR) is 61.2 cm³/mol. The average Bonchev–Trinajstić information content (AvgIpc) is 2.27. The van der Waals surface area contributed by atoms with E-state index in [-0.39, 0.29) is 12.8 Å². The second kappa shape index (κ2) is 6.15. The highest BCUT2D eigenvalue weighted by Crippen LogP contribution is 2.23. The van der Waals surface area contributed by atoms with Gasteiger partial charge in [-0.1, -0.05) is 6.07 Å². The Bertz CT molecular complexity index is 390. The van der Waals surface area contributed by atoms with Crippen molar-refractivity contribution >= 4 is 0 Å². The van der Waals surface area contributed by atoms with Gasteiger partial charge in [-0.2, -0.15) is 13.2 Å². The molecule has 1 aromatic carbocycles. The molecule has 0 aliphatic heterocycles. The van der Waals surface area contributed by atoms with Gasteiger partial charge in [0.1, 0.15) is 5.82 Å². The lowest BCUT2D eigenvalue weighted by Crippen LogP contribution is -2.37. The Hall–Kier alpha value is -1.14. The molecule has 1 atom stereocenters. The number of benzene rings is 1. The number of aryl methyl sites for hydroxylation is 1. The largest absolute Gasteiger partial charge is 0.389 e. The minimum absolute atomic E-state index is 0.129. The van der Waals surface area contributed by atoms with E-state index >= 15 is 0 Å². The number of halogens is 4. The predicted octanol–water partition coefficient (Wildman–Crippen LogP) is 2.85. The number of nitrogens with one attached hydrogen (secondary N) is 1. The van der Waals surface area contributed by atoms with Crippen molar-refractivity contribution < 1.29 is 17.6 Å². The van der Waals surface area contributed by atoms with Crippen molar-refractivity contribution in [1.82, 2.24) is 5.43 Å². The van der Waals surface area contributed by atoms with Gasteiger partial charge >= 0.3 is 6.18 Å². The van der Waals surface area contributed by atoms with Gasteiger partial charge in [0.25, 0.3) is 0 Å². The third-order valence-corrected chi connectivity index (χ3v) is 2.79. The lowest BCUT2D eigenvalue weighted by molar-refractivity contribution is -0.136. The van der Waals surface area contributed by atoms with Crippen LogP contribution in [-0.2, 0) is 6.42 Å². The van der Waals surface area contributed by atoms with Crippen molar-refractivity contribution in [2.24, 2.45) is 5.84 Å². The average molecular weight is 264 g/mol. The van der Waals surface area contributed by atoms with Crippen LogP contribution in [0.3, 0.4) is 0 Å². The minimum atomic E-state index is -4.20. The van der Waals surface area contributed by atoms with E-state index in [1.165, 1.54) is 12.1 Å². The Labute approximate surface area is 103 Å². The molecule has 102 valence electrons. The molecule has 0 saturated heterocycles. The standard InChI is InChI=1S/C12H16F4N2/c1-8-2-3-10(13)6-9(8)7-11(18-17)4-5-12(14,15)16/h2-3,6,11,18H,4-5,7,17H2,1H3. The molecular weight excluding hydrogens is 248 g/mol. The van der Waals surface area contributed by atoms with Crippen LogP contribution in [0.4, 0.5) is 17.6 Å². The van der Waals surface area contributed by atoms with E-state index in [0.717, 1.165) is 5.56 Å². The maximum absolute atomic E-state index is 13.0. The molecule has 1 unspecified atom stereocenters. The quantitative estimate of drug-likeness (QED) is 0.487. The third kappa shape index (κ3) is 5.01. The van der Waals surface area contributed by atoms with Gasteiger partial charge in [-0.3, -0.25) is 11.3 Å². The van der Waals surface area contributed by atoms with Gasteiger partial charge in [0.2, 0.25) is 0 Å². The van der Waals surface area contributed by atoms with Crippen LogP contribution in [0.2, 0.25) is 0 Å². The third-order valence-electron chi connectivity index (χ3n) is 2.79. The zero-order valence-electron chi connectivity index (χ0n) is 10.0. The van der Waals surface area contributed by atoms with Gasteiger partial charge in [0, 0.05) is 12.5 Å². The molecule has 0 amide bonds. The summed E-state index contributed by atoms with van der Waals surface area (Å²) < 4.78 is 49.4. The second-order valence-corrected chi connectivity index (χ2v) is 4.29. The van der Waals surface area contributed by atoms with Gasteiger partial charge in [0.05, 0.1) is 0 Å². The van der Waals surface area contributed by atoms with Crippen LogP contribution in [-0.4, -0.2) is 12.2 Å². The number of nitrogens with two attached hydrogens (primary N) is 1. The van der Waals surface area contributed by atoms with Crippen molar-refractivity contribution in [1.29, 1.82) is 0 Å². The summed E-state index contributed by atoms with van der Waals surface area (Å²) in [5, 5.41) is 0. The van der Waals surface area contributed by atoms with Crippen LogP contribution in [0.25, 0.3) is 0 Å². The monoisotopic (exact) mass is 264 g/mol. The maximum Gasteiger partial charge on any atom is 0.389 e. The highest BCUT2D eigenvalue weighted by molar-refractivity contribution is 5.27. The summed E-state index contributed by atoms with van der Waals surface area (Å²) >= 11 is 0. The van der Waals surface area contributed by atoms with E-state index in [1.807, 2.05) is 0 Å². The van der Waals surface area contributed by atoms with Crippen LogP contribution in [0.15, 0.2) is 18.2 Å². The summed E-state index contributed by atoms with van der Waals surface area (Å²) in [6.07, 6.45) is -4.96. The first-order chi connectivity index (χ1) is 8.31. The van der Waals surface area contributed by atoms with Crippen LogP contribution in [0.5, 0.6) is 0 Å². The molecule has 0 aliphatic rings. The molecule has 0 aromatic heterocycles. The lowest BCUT2D eigenvalue weighted by Gasteiger charge is -2.18. The molecule has 6 heteroatoms. The highest BCUT2D eigenvalue weighted by atomic mass is 19.4. The normalized spacial score (nSPS) is 13.7. The summed E-state index contributed by atoms with van der Waals surface area (Å²) in [7, 11) is 0. The molecule has 0 heterocycles. The summed E-state index contributed by atoms with van der Waals surface area (Å²) in [6, 6.07) is 3.72. The van der Waals surface area contributed by atoms with E-state index in [4.69, 9.17) is 5.84 Å². The van der Waals surface area contributed by atoms with Crippen molar-refractivity contribution in [3.05, 3.63) is 35.1 Å². The fourth-order valence-electron chi connectivity index (χ4n) is 1.71. The number of hydrazine groups is 1. The molecule has 0 fully saturated rings. The minimum Gasteiger partial charge on any atom is -0.271 e. The molecule has 1 rings (SSSR count). The Morgan fingerprint density at radius 2 is 2.00 bits per heavy atom. The fourth-order valence-corrected chi connectivity index (χ4v) is 1.71. The van der Waals surface area contributed by atoms with E-state index in [0.29, 0.717) is 5.56 Å². The van der Waals surface area contributed by atoms with Crippen LogP contribution < -0.4 is 11.3 Å². The van der Waals surface area contributed by atoms with Crippen molar-refractivity contribution in [3.63, 3.8) is 0 Å². The fraction of sp³-hybridized carbons (Fsp3) is 0.500. The van der Waals surface area contributed by atoms with Gasteiger partial charge < -0.3 is 0 Å². The summed E-state index contributed by atoms with van der Waals surface area (Å²) in [4.78, 5) is 0. The molecule has 0 spiro atoms. The molecule has 0 radical (unpaired) electrons. The van der Waals surface area contributed by atoms with E-state index in [9.17, 15) is 17.6 Å². The molecule has 2 nitrogen and oxygen atoms in total. The van der Waals surface area contributed by atoms with Crippen LogP contribution >= 0.6 is 0 Å². The van der Waals surface area contributed by atoms with Gasteiger partial charge in [-0.05, 0) is 43.0 Å². The Balaban J connectivity index is 2.65. The topological polar surface area (TPSA) is 38.0 Å². The SMILES string of the molecule is Cc1ccc(F)cc1CC(CCC(F)(F)F)NN. The maximum atomic E-state index is 13.0. The van der Waals surface area contributed by atoms with Crippen LogP contribution in [0, 0.1) is 12.7 Å². The molecule has 0 saturated carbocycles. The molecule has 3 N–H and O–H groups in total.